The first-order chi connectivity index (χ1) is 20.4. The number of hydrogen-bond acceptors (Lipinski definition) is 9. The van der Waals surface area contributed by atoms with Crippen LogP contribution in [0.25, 0.3) is 17.1 Å². The largest absolute Gasteiger partial charge is 0.396 e. The maximum Gasteiger partial charge on any atom is 0.254 e. The summed E-state index contributed by atoms with van der Waals surface area (Å²) in [6, 6.07) is 19.3. The molecule has 0 spiro atoms. The molecule has 12 nitrogen and oxygen atoms in total. The summed E-state index contributed by atoms with van der Waals surface area (Å²) in [5.41, 5.74) is 9.64. The number of carbonyl (C=O) groups excluding carboxylic acids is 1. The van der Waals surface area contributed by atoms with Gasteiger partial charge in [-0.05, 0) is 17.5 Å². The van der Waals surface area contributed by atoms with Crippen molar-refractivity contribution in [2.75, 3.05) is 17.6 Å². The van der Waals surface area contributed by atoms with Crippen molar-refractivity contribution in [1.82, 2.24) is 34.6 Å². The molecule has 6 N–H and O–H groups in total. The van der Waals surface area contributed by atoms with Gasteiger partial charge in [0.15, 0.2) is 17.0 Å². The molecule has 0 aliphatic heterocycles. The van der Waals surface area contributed by atoms with E-state index < -0.39 is 24.3 Å². The summed E-state index contributed by atoms with van der Waals surface area (Å²) in [4.78, 5) is 26.2. The number of aromatic nitrogens is 6. The van der Waals surface area contributed by atoms with Gasteiger partial charge in [-0.15, -0.1) is 0 Å². The lowest BCUT2D eigenvalue weighted by atomic mass is 9.91. The van der Waals surface area contributed by atoms with Crippen LogP contribution in [0.15, 0.2) is 79.4 Å². The number of aliphatic hydroxyl groups excluding tert-OH is 2. The molecule has 2 aromatic carbocycles. The minimum absolute atomic E-state index is 0.0260. The van der Waals surface area contributed by atoms with Crippen LogP contribution >= 0.6 is 0 Å². The monoisotopic (exact) mass is 567 g/mol. The van der Waals surface area contributed by atoms with Gasteiger partial charge in [0.2, 0.25) is 5.91 Å². The van der Waals surface area contributed by atoms with Crippen LogP contribution < -0.4 is 16.4 Å². The second-order valence-corrected chi connectivity index (χ2v) is 10.5. The molecule has 1 aliphatic rings. The van der Waals surface area contributed by atoms with Gasteiger partial charge >= 0.3 is 0 Å². The summed E-state index contributed by atoms with van der Waals surface area (Å²) in [6.07, 6.45) is 3.03. The standard InChI is InChI=1S/C30H33N9O3/c1-2-24(40)35-22-13-23(27(42)26(22)41)38-17-33-25-28(36-30(37-29(25)38)39-16-20(31)14-34-39)32-15-21(18-9-5-3-6-10-18)19-11-7-4-8-12-19/h3-12,14,16-17,21-23,26-27,41-42H,2,13,15,31H2,1H3,(H,35,40)(H,32,36,37)/t22-,23+,26+,27-/m0/s1. The van der Waals surface area contributed by atoms with Crippen molar-refractivity contribution in [3.63, 3.8) is 0 Å². The normalized spacial score (nSPS) is 20.3. The van der Waals surface area contributed by atoms with Gasteiger partial charge in [0, 0.05) is 18.9 Å². The summed E-state index contributed by atoms with van der Waals surface area (Å²) >= 11 is 0. The number of benzene rings is 2. The van der Waals surface area contributed by atoms with Gasteiger partial charge in [0.1, 0.15) is 12.2 Å². The predicted octanol–water partition coefficient (Wildman–Crippen LogP) is 2.40. The van der Waals surface area contributed by atoms with E-state index in [1.807, 2.05) is 36.4 Å². The van der Waals surface area contributed by atoms with Crippen molar-refractivity contribution >= 4 is 28.6 Å². The van der Waals surface area contributed by atoms with Crippen molar-refractivity contribution < 1.29 is 15.0 Å². The third kappa shape index (κ3) is 5.29. The zero-order valence-electron chi connectivity index (χ0n) is 23.1. The highest BCUT2D eigenvalue weighted by atomic mass is 16.3. The molecular weight excluding hydrogens is 534 g/mol. The Hall–Kier alpha value is -4.81. The molecule has 1 fully saturated rings. The fourth-order valence-electron chi connectivity index (χ4n) is 5.55. The molecular formula is C30H33N9O3. The Morgan fingerprint density at radius 1 is 1.05 bits per heavy atom. The average molecular weight is 568 g/mol. The lowest BCUT2D eigenvalue weighted by Crippen LogP contribution is -2.42. The third-order valence-electron chi connectivity index (χ3n) is 7.77. The SMILES string of the molecule is CCC(=O)N[C@H]1C[C@@H](n2cnc3c(NCC(c4ccccc4)c4ccccc4)nc(-n4cc(N)cn4)nc32)[C@H](O)[C@@H]1O. The highest BCUT2D eigenvalue weighted by molar-refractivity contribution is 5.84. The molecule has 216 valence electrons. The number of nitrogen functional groups attached to an aromatic ring is 1. The molecule has 5 aromatic rings. The summed E-state index contributed by atoms with van der Waals surface area (Å²) in [5.74, 6) is 0.589. The van der Waals surface area contributed by atoms with Crippen LogP contribution in [0.1, 0.15) is 42.9 Å². The smallest absolute Gasteiger partial charge is 0.254 e. The first-order valence-corrected chi connectivity index (χ1v) is 14.0. The van der Waals surface area contributed by atoms with Crippen molar-refractivity contribution in [2.45, 2.75) is 50.0 Å². The molecule has 3 heterocycles. The number of nitrogens with zero attached hydrogens (tertiary/aromatic N) is 6. The van der Waals surface area contributed by atoms with Crippen molar-refractivity contribution in [3.8, 4) is 5.95 Å². The van der Waals surface area contributed by atoms with E-state index in [0.29, 0.717) is 35.6 Å². The Bertz CT molecular complexity index is 1630. The van der Waals surface area contributed by atoms with E-state index in [1.165, 1.54) is 10.9 Å². The maximum absolute atomic E-state index is 12.0. The molecule has 1 amide bonds. The van der Waals surface area contributed by atoms with E-state index in [-0.39, 0.29) is 24.2 Å². The third-order valence-corrected chi connectivity index (χ3v) is 7.77. The molecule has 0 unspecified atom stereocenters. The molecule has 0 saturated heterocycles. The van der Waals surface area contributed by atoms with Gasteiger partial charge in [0.25, 0.3) is 5.95 Å². The van der Waals surface area contributed by atoms with Gasteiger partial charge in [-0.2, -0.15) is 15.1 Å². The van der Waals surface area contributed by atoms with Crippen LogP contribution in [0.2, 0.25) is 0 Å². The zero-order valence-corrected chi connectivity index (χ0v) is 23.1. The lowest BCUT2D eigenvalue weighted by Gasteiger charge is -2.20. The topological polar surface area (TPSA) is 169 Å². The van der Waals surface area contributed by atoms with Crippen LogP contribution in [-0.4, -0.2) is 70.2 Å². The molecule has 1 aliphatic carbocycles. The number of imidazole rings is 1. The summed E-state index contributed by atoms with van der Waals surface area (Å²) in [6.45, 7) is 2.26. The highest BCUT2D eigenvalue weighted by Crippen LogP contribution is 2.35. The second kappa shape index (κ2) is 11.6. The summed E-state index contributed by atoms with van der Waals surface area (Å²) in [5, 5.41) is 32.3. The number of nitrogens with one attached hydrogen (secondary N) is 2. The Morgan fingerprint density at radius 3 is 2.36 bits per heavy atom. The van der Waals surface area contributed by atoms with E-state index in [4.69, 9.17) is 15.7 Å². The molecule has 6 rings (SSSR count). The van der Waals surface area contributed by atoms with Crippen LogP contribution in [0.4, 0.5) is 11.5 Å². The molecule has 1 saturated carbocycles. The second-order valence-electron chi connectivity index (χ2n) is 10.5. The average Bonchev–Trinajstić information content (AvgIpc) is 3.72. The number of anilines is 2. The summed E-state index contributed by atoms with van der Waals surface area (Å²) < 4.78 is 3.21. The Kier molecular flexibility index (Phi) is 7.55. The number of aliphatic hydroxyl groups is 2. The van der Waals surface area contributed by atoms with Crippen molar-refractivity contribution in [3.05, 3.63) is 90.5 Å². The van der Waals surface area contributed by atoms with Gasteiger partial charge in [-0.1, -0.05) is 67.6 Å². The quantitative estimate of drug-likeness (QED) is 0.180. The molecule has 4 atom stereocenters. The number of nitrogens with two attached hydrogens (primary N) is 1. The highest BCUT2D eigenvalue weighted by Gasteiger charge is 2.43. The van der Waals surface area contributed by atoms with Gasteiger partial charge in [-0.25, -0.2) is 9.67 Å². The van der Waals surface area contributed by atoms with Crippen LogP contribution in [0.3, 0.4) is 0 Å². The first kappa shape index (κ1) is 27.4. The maximum atomic E-state index is 12.0. The van der Waals surface area contributed by atoms with E-state index in [0.717, 1.165) is 11.1 Å². The van der Waals surface area contributed by atoms with E-state index in [9.17, 15) is 15.0 Å². The van der Waals surface area contributed by atoms with Crippen molar-refractivity contribution in [2.24, 2.45) is 0 Å². The fourth-order valence-corrected chi connectivity index (χ4v) is 5.55. The summed E-state index contributed by atoms with van der Waals surface area (Å²) in [7, 11) is 0. The number of carbonyl (C=O) groups is 1. The number of rotatable bonds is 9. The molecule has 42 heavy (non-hydrogen) atoms. The van der Waals surface area contributed by atoms with E-state index in [2.05, 4.69) is 45.0 Å². The van der Waals surface area contributed by atoms with Gasteiger partial charge in [0.05, 0.1) is 36.5 Å². The molecule has 0 radical (unpaired) electrons. The number of fused-ring (bicyclic) bond motifs is 1. The Morgan fingerprint density at radius 2 is 1.74 bits per heavy atom. The minimum atomic E-state index is -1.14. The predicted molar refractivity (Wildman–Crippen MR) is 158 cm³/mol. The molecule has 3 aromatic heterocycles. The fraction of sp³-hybridized carbons (Fsp3) is 0.300. The van der Waals surface area contributed by atoms with E-state index >= 15 is 0 Å². The Labute approximate surface area is 242 Å². The molecule has 0 bridgehead atoms. The first-order valence-electron chi connectivity index (χ1n) is 14.0. The van der Waals surface area contributed by atoms with E-state index in [1.54, 1.807) is 24.0 Å². The van der Waals surface area contributed by atoms with Crippen LogP contribution in [-0.2, 0) is 4.79 Å². The number of hydrogen-bond donors (Lipinski definition) is 5. The van der Waals surface area contributed by atoms with Crippen LogP contribution in [0, 0.1) is 0 Å². The van der Waals surface area contributed by atoms with Crippen molar-refractivity contribution in [1.29, 1.82) is 0 Å². The molecule has 12 heteroatoms. The lowest BCUT2D eigenvalue weighted by molar-refractivity contribution is -0.122. The van der Waals surface area contributed by atoms with Gasteiger partial charge in [-0.3, -0.25) is 4.79 Å². The van der Waals surface area contributed by atoms with Crippen LogP contribution in [0.5, 0.6) is 0 Å². The number of amides is 1. The zero-order chi connectivity index (χ0) is 29.2. The van der Waals surface area contributed by atoms with Gasteiger partial charge < -0.3 is 31.1 Å². The minimum Gasteiger partial charge on any atom is -0.396 e. The Balaban J connectivity index is 1.38.